The molecule has 0 radical (unpaired) electrons. The van der Waals surface area contributed by atoms with Crippen LogP contribution in [0.4, 0.5) is 0 Å². The molecule has 27 heavy (non-hydrogen) atoms. The standard InChI is InChI=1S/C18H21NO6S2/c1-4-5-6-11(17(22)23)19-16(21)14(27-18(19)26)9-10-7-12(24-2)15(20)13(8-10)25-3/h7-9,11,20H,4-6H2,1-3H3,(H,22,23)/b14-9-. The number of methoxy groups -OCH3 is 2. The summed E-state index contributed by atoms with van der Waals surface area (Å²) < 4.78 is 10.4. The second kappa shape index (κ2) is 9.09. The number of carbonyl (C=O) groups excluding carboxylic acids is 1. The highest BCUT2D eigenvalue weighted by molar-refractivity contribution is 8.26. The van der Waals surface area contributed by atoms with Gasteiger partial charge in [-0.1, -0.05) is 43.7 Å². The number of unbranched alkanes of at least 4 members (excludes halogenated alkanes) is 1. The molecule has 1 amide bonds. The maximum Gasteiger partial charge on any atom is 0.326 e. The van der Waals surface area contributed by atoms with E-state index in [0.717, 1.165) is 18.2 Å². The first-order chi connectivity index (χ1) is 12.8. The van der Waals surface area contributed by atoms with Gasteiger partial charge in [-0.2, -0.15) is 0 Å². The van der Waals surface area contributed by atoms with Crippen LogP contribution in [-0.2, 0) is 9.59 Å². The molecule has 2 rings (SSSR count). The van der Waals surface area contributed by atoms with E-state index in [4.69, 9.17) is 21.7 Å². The lowest BCUT2D eigenvalue weighted by Gasteiger charge is -2.22. The highest BCUT2D eigenvalue weighted by Gasteiger charge is 2.40. The number of aromatic hydroxyl groups is 1. The second-order valence-corrected chi connectivity index (χ2v) is 7.50. The Labute approximate surface area is 166 Å². The van der Waals surface area contributed by atoms with Gasteiger partial charge < -0.3 is 19.7 Å². The number of phenolic OH excluding ortho intramolecular Hbond substituents is 1. The number of hydrogen-bond donors (Lipinski definition) is 2. The predicted octanol–water partition coefficient (Wildman–Crippen LogP) is 3.25. The van der Waals surface area contributed by atoms with E-state index in [1.54, 1.807) is 18.2 Å². The topological polar surface area (TPSA) is 96.3 Å². The summed E-state index contributed by atoms with van der Waals surface area (Å²) in [6.45, 7) is 1.95. The van der Waals surface area contributed by atoms with Crippen LogP contribution in [0, 0.1) is 0 Å². The number of aliphatic carboxylic acids is 1. The van der Waals surface area contributed by atoms with Crippen LogP contribution in [0.5, 0.6) is 17.2 Å². The number of hydrogen-bond acceptors (Lipinski definition) is 7. The Morgan fingerprint density at radius 3 is 2.41 bits per heavy atom. The van der Waals surface area contributed by atoms with E-state index in [1.807, 2.05) is 6.92 Å². The van der Waals surface area contributed by atoms with E-state index in [0.29, 0.717) is 23.3 Å². The van der Waals surface area contributed by atoms with Crippen molar-refractivity contribution in [3.8, 4) is 17.2 Å². The van der Waals surface area contributed by atoms with Gasteiger partial charge in [0.2, 0.25) is 5.75 Å². The van der Waals surface area contributed by atoms with Gasteiger partial charge in [-0.05, 0) is 30.2 Å². The average Bonchev–Trinajstić information content (AvgIpc) is 2.90. The SMILES string of the molecule is CCCCC(C(=O)O)N1C(=O)/C(=C/c2cc(OC)c(O)c(OC)c2)SC1=S. The van der Waals surface area contributed by atoms with E-state index in [2.05, 4.69) is 0 Å². The molecule has 2 N–H and O–H groups in total. The van der Waals surface area contributed by atoms with E-state index < -0.39 is 17.9 Å². The third-order valence-corrected chi connectivity index (χ3v) is 5.38. The first kappa shape index (κ1) is 21.0. The van der Waals surface area contributed by atoms with Crippen LogP contribution in [0.15, 0.2) is 17.0 Å². The maximum absolute atomic E-state index is 12.8. The van der Waals surface area contributed by atoms with Crippen LogP contribution >= 0.6 is 24.0 Å². The highest BCUT2D eigenvalue weighted by Crippen LogP contribution is 2.40. The minimum Gasteiger partial charge on any atom is -0.502 e. The predicted molar refractivity (Wildman–Crippen MR) is 107 cm³/mol. The number of phenols is 1. The lowest BCUT2D eigenvalue weighted by atomic mass is 10.1. The third-order valence-electron chi connectivity index (χ3n) is 4.05. The number of carboxylic acid groups (broad SMARTS) is 1. The Bertz CT molecular complexity index is 767. The molecule has 1 heterocycles. The molecule has 146 valence electrons. The van der Waals surface area contributed by atoms with Gasteiger partial charge in [0.05, 0.1) is 19.1 Å². The third kappa shape index (κ3) is 4.54. The molecule has 1 aromatic carbocycles. The second-order valence-electron chi connectivity index (χ2n) is 5.82. The van der Waals surface area contributed by atoms with Crippen molar-refractivity contribution in [3.05, 3.63) is 22.6 Å². The number of thiocarbonyl (C=S) groups is 1. The number of nitrogens with zero attached hydrogens (tertiary/aromatic N) is 1. The monoisotopic (exact) mass is 411 g/mol. The molecule has 1 aliphatic heterocycles. The van der Waals surface area contributed by atoms with Crippen LogP contribution in [0.3, 0.4) is 0 Å². The fourth-order valence-corrected chi connectivity index (χ4v) is 4.01. The normalized spacial score (nSPS) is 16.7. The maximum atomic E-state index is 12.8. The van der Waals surface area contributed by atoms with Gasteiger partial charge in [0.1, 0.15) is 10.4 Å². The number of amides is 1. The molecule has 1 unspecified atom stereocenters. The molecule has 1 aliphatic rings. The summed E-state index contributed by atoms with van der Waals surface area (Å²) in [5.41, 5.74) is 0.558. The molecule has 0 saturated carbocycles. The molecule has 7 nitrogen and oxygen atoms in total. The van der Waals surface area contributed by atoms with Gasteiger partial charge in [0, 0.05) is 0 Å². The summed E-state index contributed by atoms with van der Waals surface area (Å²) in [6.07, 6.45) is 3.41. The summed E-state index contributed by atoms with van der Waals surface area (Å²) in [6, 6.07) is 2.12. The molecule has 0 spiro atoms. The van der Waals surface area contributed by atoms with Gasteiger partial charge in [-0.15, -0.1) is 0 Å². The summed E-state index contributed by atoms with van der Waals surface area (Å²) in [5.74, 6) is -1.27. The molecule has 1 aromatic rings. The fourth-order valence-electron chi connectivity index (χ4n) is 2.66. The lowest BCUT2D eigenvalue weighted by molar-refractivity contribution is -0.145. The summed E-state index contributed by atoms with van der Waals surface area (Å²) in [7, 11) is 2.81. The summed E-state index contributed by atoms with van der Waals surface area (Å²) >= 11 is 6.30. The van der Waals surface area contributed by atoms with E-state index in [-0.39, 0.29) is 21.6 Å². The van der Waals surface area contributed by atoms with Gasteiger partial charge >= 0.3 is 5.97 Å². The largest absolute Gasteiger partial charge is 0.502 e. The van der Waals surface area contributed by atoms with Crippen LogP contribution < -0.4 is 9.47 Å². The van der Waals surface area contributed by atoms with Crippen molar-refractivity contribution in [2.45, 2.75) is 32.2 Å². The number of carbonyl (C=O) groups is 2. The number of rotatable bonds is 8. The van der Waals surface area contributed by atoms with E-state index in [1.165, 1.54) is 19.1 Å². The average molecular weight is 412 g/mol. The van der Waals surface area contributed by atoms with Crippen molar-refractivity contribution in [2.75, 3.05) is 14.2 Å². The molecular formula is C18H21NO6S2. The first-order valence-corrected chi connectivity index (χ1v) is 9.51. The molecule has 1 atom stereocenters. The zero-order valence-electron chi connectivity index (χ0n) is 15.2. The zero-order valence-corrected chi connectivity index (χ0v) is 16.9. The Morgan fingerprint density at radius 1 is 1.33 bits per heavy atom. The van der Waals surface area contributed by atoms with Crippen molar-refractivity contribution in [3.63, 3.8) is 0 Å². The molecule has 0 aromatic heterocycles. The molecule has 9 heteroatoms. The fraction of sp³-hybridized carbons (Fsp3) is 0.389. The van der Waals surface area contributed by atoms with Crippen molar-refractivity contribution < 1.29 is 29.3 Å². The molecule has 0 bridgehead atoms. The first-order valence-electron chi connectivity index (χ1n) is 8.28. The number of benzene rings is 1. The summed E-state index contributed by atoms with van der Waals surface area (Å²) in [4.78, 5) is 25.9. The van der Waals surface area contributed by atoms with Crippen molar-refractivity contribution >= 4 is 46.3 Å². The van der Waals surface area contributed by atoms with E-state index >= 15 is 0 Å². The Kier molecular flexibility index (Phi) is 7.09. The van der Waals surface area contributed by atoms with Crippen LogP contribution in [0.1, 0.15) is 31.7 Å². The minimum absolute atomic E-state index is 0.143. The highest BCUT2D eigenvalue weighted by atomic mass is 32.2. The quantitative estimate of drug-likeness (QED) is 0.497. The van der Waals surface area contributed by atoms with Crippen LogP contribution in [-0.4, -0.2) is 51.6 Å². The van der Waals surface area contributed by atoms with E-state index in [9.17, 15) is 19.8 Å². The number of ether oxygens (including phenoxy) is 2. The minimum atomic E-state index is -1.08. The van der Waals surface area contributed by atoms with Crippen molar-refractivity contribution in [1.29, 1.82) is 0 Å². The lowest BCUT2D eigenvalue weighted by Crippen LogP contribution is -2.43. The van der Waals surface area contributed by atoms with Crippen LogP contribution in [0.25, 0.3) is 6.08 Å². The van der Waals surface area contributed by atoms with Gasteiger partial charge in [-0.3, -0.25) is 9.69 Å². The molecule has 1 saturated heterocycles. The van der Waals surface area contributed by atoms with Crippen molar-refractivity contribution in [2.24, 2.45) is 0 Å². The zero-order chi connectivity index (χ0) is 20.1. The van der Waals surface area contributed by atoms with Gasteiger partial charge in [0.25, 0.3) is 5.91 Å². The number of thioether (sulfide) groups is 1. The molecule has 1 fully saturated rings. The Balaban J connectivity index is 2.37. The van der Waals surface area contributed by atoms with Crippen LogP contribution in [0.2, 0.25) is 0 Å². The van der Waals surface area contributed by atoms with Gasteiger partial charge in [-0.25, -0.2) is 4.79 Å². The Morgan fingerprint density at radius 2 is 1.93 bits per heavy atom. The smallest absolute Gasteiger partial charge is 0.326 e. The molecule has 0 aliphatic carbocycles. The summed E-state index contributed by atoms with van der Waals surface area (Å²) in [5, 5.41) is 19.5. The number of carboxylic acids is 1. The molecular weight excluding hydrogens is 390 g/mol. The van der Waals surface area contributed by atoms with Crippen molar-refractivity contribution in [1.82, 2.24) is 4.90 Å². The Hall–Kier alpha value is -2.26. The van der Waals surface area contributed by atoms with Gasteiger partial charge in [0.15, 0.2) is 11.5 Å².